The Labute approximate surface area is 134 Å². The lowest BCUT2D eigenvalue weighted by Crippen LogP contribution is -2.44. The molecule has 10 heteroatoms. The predicted molar refractivity (Wildman–Crippen MR) is 76.2 cm³/mol. The van der Waals surface area contributed by atoms with Crippen molar-refractivity contribution in [3.63, 3.8) is 0 Å². The fourth-order valence-corrected chi connectivity index (χ4v) is 2.66. The van der Waals surface area contributed by atoms with Gasteiger partial charge in [-0.15, -0.1) is 0 Å². The second kappa shape index (κ2) is 6.32. The molecule has 0 spiro atoms. The maximum Gasteiger partial charge on any atom is 0.417 e. The Hall–Kier alpha value is -1.87. The quantitative estimate of drug-likeness (QED) is 0.852. The number of nitrogens with zero attached hydrogens (tertiary/aromatic N) is 5. The van der Waals surface area contributed by atoms with Gasteiger partial charge in [0.05, 0.1) is 29.8 Å². The normalized spacial score (nSPS) is 19.1. The molecular formula is C13H13ClF3N5O. The molecule has 0 N–H and O–H groups in total. The number of hydrogen-bond acceptors (Lipinski definition) is 5. The van der Waals surface area contributed by atoms with Crippen LogP contribution in [0.5, 0.6) is 0 Å². The van der Waals surface area contributed by atoms with E-state index in [9.17, 15) is 13.2 Å². The van der Waals surface area contributed by atoms with Gasteiger partial charge in [-0.25, -0.2) is 9.97 Å². The molecule has 1 atom stereocenters. The zero-order valence-corrected chi connectivity index (χ0v) is 12.6. The summed E-state index contributed by atoms with van der Waals surface area (Å²) in [4.78, 5) is 9.55. The SMILES string of the molecule is FC(F)(F)c1cnc(N2CCO[C@@H](Cn3cncn3)C2)c(Cl)c1. The Morgan fingerprint density at radius 2 is 2.22 bits per heavy atom. The van der Waals surface area contributed by atoms with Gasteiger partial charge in [-0.2, -0.15) is 18.3 Å². The molecule has 3 heterocycles. The number of alkyl halides is 3. The Balaban J connectivity index is 1.73. The van der Waals surface area contributed by atoms with Gasteiger partial charge in [0.25, 0.3) is 0 Å². The van der Waals surface area contributed by atoms with Crippen LogP contribution in [0.1, 0.15) is 5.56 Å². The maximum atomic E-state index is 12.7. The van der Waals surface area contributed by atoms with Crippen LogP contribution in [0.3, 0.4) is 0 Å². The predicted octanol–water partition coefficient (Wildman–Crippen LogP) is 2.25. The lowest BCUT2D eigenvalue weighted by molar-refractivity contribution is -0.137. The number of anilines is 1. The smallest absolute Gasteiger partial charge is 0.373 e. The second-order valence-corrected chi connectivity index (χ2v) is 5.49. The van der Waals surface area contributed by atoms with Crippen LogP contribution in [-0.4, -0.2) is 45.5 Å². The van der Waals surface area contributed by atoms with Gasteiger partial charge in [0.2, 0.25) is 0 Å². The zero-order valence-electron chi connectivity index (χ0n) is 11.9. The molecule has 2 aromatic rings. The highest BCUT2D eigenvalue weighted by atomic mass is 35.5. The van der Waals surface area contributed by atoms with Gasteiger partial charge in [-0.1, -0.05) is 11.6 Å². The standard InChI is InChI=1S/C13H13ClF3N5O/c14-11-3-9(13(15,16)17)4-19-12(11)21-1-2-23-10(5-21)6-22-8-18-7-20-22/h3-4,7-8,10H,1-2,5-6H2/t10-/m1/s1. The van der Waals surface area contributed by atoms with E-state index < -0.39 is 11.7 Å². The van der Waals surface area contributed by atoms with E-state index in [1.807, 2.05) is 4.90 Å². The summed E-state index contributed by atoms with van der Waals surface area (Å²) in [7, 11) is 0. The molecule has 3 rings (SSSR count). The molecule has 0 amide bonds. The van der Waals surface area contributed by atoms with Gasteiger partial charge in [-0.05, 0) is 6.07 Å². The lowest BCUT2D eigenvalue weighted by Gasteiger charge is -2.34. The minimum absolute atomic E-state index is 0.0266. The van der Waals surface area contributed by atoms with Gasteiger partial charge in [-0.3, -0.25) is 4.68 Å². The van der Waals surface area contributed by atoms with Crippen molar-refractivity contribution in [1.29, 1.82) is 0 Å². The van der Waals surface area contributed by atoms with E-state index in [-0.39, 0.29) is 11.1 Å². The van der Waals surface area contributed by atoms with Gasteiger partial charge >= 0.3 is 6.18 Å². The van der Waals surface area contributed by atoms with Crippen LogP contribution in [0.2, 0.25) is 5.02 Å². The topological polar surface area (TPSA) is 56.1 Å². The van der Waals surface area contributed by atoms with Crippen LogP contribution in [-0.2, 0) is 17.5 Å². The van der Waals surface area contributed by atoms with E-state index >= 15 is 0 Å². The molecule has 2 aromatic heterocycles. The summed E-state index contributed by atoms with van der Waals surface area (Å²) in [5.41, 5.74) is -0.862. The molecule has 6 nitrogen and oxygen atoms in total. The summed E-state index contributed by atoms with van der Waals surface area (Å²) in [5.74, 6) is 0.326. The molecule has 0 unspecified atom stereocenters. The summed E-state index contributed by atoms with van der Waals surface area (Å²) in [6, 6.07) is 0.895. The van der Waals surface area contributed by atoms with Crippen LogP contribution in [0, 0.1) is 0 Å². The van der Waals surface area contributed by atoms with Crippen molar-refractivity contribution in [2.24, 2.45) is 0 Å². The first kappa shape index (κ1) is 16.0. The average molecular weight is 348 g/mol. The van der Waals surface area contributed by atoms with Crippen LogP contribution in [0.4, 0.5) is 19.0 Å². The van der Waals surface area contributed by atoms with Gasteiger partial charge < -0.3 is 9.64 Å². The summed E-state index contributed by atoms with van der Waals surface area (Å²) in [6.07, 6.45) is -0.843. The van der Waals surface area contributed by atoms with E-state index in [1.165, 1.54) is 6.33 Å². The first-order valence-electron chi connectivity index (χ1n) is 6.85. The van der Waals surface area contributed by atoms with Crippen LogP contribution >= 0.6 is 11.6 Å². The number of hydrogen-bond donors (Lipinski definition) is 0. The first-order valence-corrected chi connectivity index (χ1v) is 7.23. The number of rotatable bonds is 3. The van der Waals surface area contributed by atoms with Crippen molar-refractivity contribution in [3.8, 4) is 0 Å². The largest absolute Gasteiger partial charge is 0.417 e. The third kappa shape index (κ3) is 3.73. The molecule has 0 radical (unpaired) electrons. The molecular weight excluding hydrogens is 335 g/mol. The maximum absolute atomic E-state index is 12.7. The first-order chi connectivity index (χ1) is 10.9. The third-order valence-corrected chi connectivity index (χ3v) is 3.72. The van der Waals surface area contributed by atoms with E-state index in [0.29, 0.717) is 32.1 Å². The summed E-state index contributed by atoms with van der Waals surface area (Å²) < 4.78 is 45.3. The molecule has 1 saturated heterocycles. The van der Waals surface area contributed by atoms with Crippen molar-refractivity contribution >= 4 is 17.4 Å². The minimum Gasteiger partial charge on any atom is -0.373 e. The molecule has 1 fully saturated rings. The second-order valence-electron chi connectivity index (χ2n) is 5.08. The summed E-state index contributed by atoms with van der Waals surface area (Å²) in [6.45, 7) is 1.89. The Morgan fingerprint density at radius 3 is 2.87 bits per heavy atom. The van der Waals surface area contributed by atoms with Gasteiger partial charge in [0.15, 0.2) is 0 Å². The van der Waals surface area contributed by atoms with Crippen molar-refractivity contribution in [1.82, 2.24) is 19.7 Å². The van der Waals surface area contributed by atoms with E-state index in [1.54, 1.807) is 11.0 Å². The molecule has 0 saturated carbocycles. The molecule has 0 aliphatic carbocycles. The molecule has 124 valence electrons. The molecule has 1 aliphatic rings. The highest BCUT2D eigenvalue weighted by Crippen LogP contribution is 2.33. The molecule has 0 aromatic carbocycles. The van der Waals surface area contributed by atoms with Crippen molar-refractivity contribution in [2.45, 2.75) is 18.8 Å². The third-order valence-electron chi connectivity index (χ3n) is 3.44. The number of aromatic nitrogens is 4. The van der Waals surface area contributed by atoms with Gasteiger partial charge in [0.1, 0.15) is 18.5 Å². The molecule has 23 heavy (non-hydrogen) atoms. The Morgan fingerprint density at radius 1 is 1.39 bits per heavy atom. The minimum atomic E-state index is -4.46. The lowest BCUT2D eigenvalue weighted by atomic mass is 10.2. The van der Waals surface area contributed by atoms with Crippen LogP contribution in [0.25, 0.3) is 0 Å². The van der Waals surface area contributed by atoms with E-state index in [4.69, 9.17) is 16.3 Å². The Kier molecular flexibility index (Phi) is 4.40. The zero-order chi connectivity index (χ0) is 16.4. The molecule has 0 bridgehead atoms. The van der Waals surface area contributed by atoms with Crippen molar-refractivity contribution in [2.75, 3.05) is 24.6 Å². The fourth-order valence-electron chi connectivity index (χ4n) is 2.38. The number of morpholine rings is 1. The monoisotopic (exact) mass is 347 g/mol. The van der Waals surface area contributed by atoms with Crippen molar-refractivity contribution < 1.29 is 17.9 Å². The van der Waals surface area contributed by atoms with E-state index in [0.717, 1.165) is 12.3 Å². The average Bonchev–Trinajstić information content (AvgIpc) is 2.99. The highest BCUT2D eigenvalue weighted by molar-refractivity contribution is 6.33. The van der Waals surface area contributed by atoms with Crippen LogP contribution in [0.15, 0.2) is 24.9 Å². The number of ether oxygens (including phenoxy) is 1. The Bertz CT molecular complexity index is 664. The number of pyridine rings is 1. The van der Waals surface area contributed by atoms with Crippen LogP contribution < -0.4 is 4.90 Å². The fraction of sp³-hybridized carbons (Fsp3) is 0.462. The summed E-state index contributed by atoms with van der Waals surface area (Å²) >= 11 is 5.99. The van der Waals surface area contributed by atoms with Gasteiger partial charge in [0, 0.05) is 19.3 Å². The van der Waals surface area contributed by atoms with Crippen molar-refractivity contribution in [3.05, 3.63) is 35.5 Å². The summed E-state index contributed by atoms with van der Waals surface area (Å²) in [5, 5.41) is 3.98. The number of halogens is 4. The molecule has 1 aliphatic heterocycles. The highest BCUT2D eigenvalue weighted by Gasteiger charge is 2.32. The van der Waals surface area contributed by atoms with E-state index in [2.05, 4.69) is 15.1 Å².